The van der Waals surface area contributed by atoms with E-state index >= 15 is 0 Å². The average Bonchev–Trinajstić information content (AvgIpc) is 2.68. The molecular formula is C16H23N3. The van der Waals surface area contributed by atoms with E-state index in [9.17, 15) is 0 Å². The molecule has 1 aromatic carbocycles. The predicted octanol–water partition coefficient (Wildman–Crippen LogP) is 3.07. The van der Waals surface area contributed by atoms with Gasteiger partial charge in [-0.05, 0) is 39.3 Å². The topological polar surface area (TPSA) is 43.8 Å². The number of hydrogen-bond acceptors (Lipinski definition) is 2. The highest BCUT2D eigenvalue weighted by atomic mass is 15.3. The lowest BCUT2D eigenvalue weighted by atomic mass is 9.98. The molecule has 1 heterocycles. The van der Waals surface area contributed by atoms with Crippen LogP contribution < -0.4 is 5.73 Å². The van der Waals surface area contributed by atoms with E-state index in [2.05, 4.69) is 50.1 Å². The smallest absolute Gasteiger partial charge is 0.0596 e. The molecule has 3 heteroatoms. The summed E-state index contributed by atoms with van der Waals surface area (Å²) < 4.78 is 2.04. The maximum absolute atomic E-state index is 6.36. The molecule has 102 valence electrons. The van der Waals surface area contributed by atoms with Gasteiger partial charge >= 0.3 is 0 Å². The standard InChI is InChI=1S/C16H23N3/c1-5-19-15(9-13(4)18-19)10-16(17)14-7-11(2)6-12(3)8-14/h6-9,16H,5,10,17H2,1-4H3. The molecule has 3 nitrogen and oxygen atoms in total. The Balaban J connectivity index is 2.22. The Labute approximate surface area is 115 Å². The number of aryl methyl sites for hydroxylation is 4. The summed E-state index contributed by atoms with van der Waals surface area (Å²) in [6, 6.07) is 8.69. The fraction of sp³-hybridized carbons (Fsp3) is 0.438. The molecule has 0 saturated heterocycles. The number of hydrogen-bond donors (Lipinski definition) is 1. The van der Waals surface area contributed by atoms with E-state index in [0.29, 0.717) is 0 Å². The first-order valence-electron chi connectivity index (χ1n) is 6.86. The molecule has 0 amide bonds. The minimum Gasteiger partial charge on any atom is -0.324 e. The van der Waals surface area contributed by atoms with Crippen molar-refractivity contribution in [2.75, 3.05) is 0 Å². The van der Waals surface area contributed by atoms with E-state index in [-0.39, 0.29) is 6.04 Å². The summed E-state index contributed by atoms with van der Waals surface area (Å²) in [5, 5.41) is 4.47. The first-order valence-corrected chi connectivity index (χ1v) is 6.86. The van der Waals surface area contributed by atoms with Crippen molar-refractivity contribution in [2.45, 2.75) is 46.7 Å². The summed E-state index contributed by atoms with van der Waals surface area (Å²) in [5.41, 5.74) is 12.4. The van der Waals surface area contributed by atoms with Crippen molar-refractivity contribution < 1.29 is 0 Å². The third kappa shape index (κ3) is 3.24. The van der Waals surface area contributed by atoms with Crippen LogP contribution in [0.4, 0.5) is 0 Å². The predicted molar refractivity (Wildman–Crippen MR) is 79.2 cm³/mol. The summed E-state index contributed by atoms with van der Waals surface area (Å²) >= 11 is 0. The van der Waals surface area contributed by atoms with Crippen LogP contribution >= 0.6 is 0 Å². The lowest BCUT2D eigenvalue weighted by Gasteiger charge is -2.14. The van der Waals surface area contributed by atoms with Crippen molar-refractivity contribution >= 4 is 0 Å². The molecule has 1 unspecified atom stereocenters. The lowest BCUT2D eigenvalue weighted by Crippen LogP contribution is -2.16. The summed E-state index contributed by atoms with van der Waals surface area (Å²) in [5.74, 6) is 0. The highest BCUT2D eigenvalue weighted by Gasteiger charge is 2.12. The van der Waals surface area contributed by atoms with E-state index < -0.39 is 0 Å². The third-order valence-corrected chi connectivity index (χ3v) is 3.39. The van der Waals surface area contributed by atoms with Crippen LogP contribution in [0.25, 0.3) is 0 Å². The number of rotatable bonds is 4. The van der Waals surface area contributed by atoms with E-state index in [4.69, 9.17) is 5.73 Å². The number of aromatic nitrogens is 2. The molecule has 2 aromatic rings. The zero-order chi connectivity index (χ0) is 14.0. The molecule has 2 N–H and O–H groups in total. The Hall–Kier alpha value is -1.61. The fourth-order valence-electron chi connectivity index (χ4n) is 2.60. The maximum Gasteiger partial charge on any atom is 0.0596 e. The molecule has 0 spiro atoms. The molecular weight excluding hydrogens is 234 g/mol. The molecule has 0 radical (unpaired) electrons. The average molecular weight is 257 g/mol. The largest absolute Gasteiger partial charge is 0.324 e. The first-order chi connectivity index (χ1) is 8.99. The van der Waals surface area contributed by atoms with Gasteiger partial charge in [-0.2, -0.15) is 5.10 Å². The summed E-state index contributed by atoms with van der Waals surface area (Å²) in [4.78, 5) is 0. The van der Waals surface area contributed by atoms with Gasteiger partial charge in [0.15, 0.2) is 0 Å². The molecule has 0 aliphatic carbocycles. The van der Waals surface area contributed by atoms with Gasteiger partial charge in [-0.3, -0.25) is 4.68 Å². The minimum absolute atomic E-state index is 0.0278. The minimum atomic E-state index is 0.0278. The van der Waals surface area contributed by atoms with Crippen LogP contribution in [0.15, 0.2) is 24.3 Å². The van der Waals surface area contributed by atoms with Gasteiger partial charge in [-0.25, -0.2) is 0 Å². The van der Waals surface area contributed by atoms with Crippen molar-refractivity contribution in [3.8, 4) is 0 Å². The fourth-order valence-corrected chi connectivity index (χ4v) is 2.60. The number of benzene rings is 1. The van der Waals surface area contributed by atoms with Crippen molar-refractivity contribution in [3.63, 3.8) is 0 Å². The van der Waals surface area contributed by atoms with Crippen LogP contribution in [-0.2, 0) is 13.0 Å². The van der Waals surface area contributed by atoms with Gasteiger partial charge in [-0.15, -0.1) is 0 Å². The van der Waals surface area contributed by atoms with Gasteiger partial charge in [0, 0.05) is 24.7 Å². The van der Waals surface area contributed by atoms with E-state index in [0.717, 1.165) is 18.7 Å². The summed E-state index contributed by atoms with van der Waals surface area (Å²) in [6.07, 6.45) is 0.831. The van der Waals surface area contributed by atoms with Crippen molar-refractivity contribution in [3.05, 3.63) is 52.3 Å². The Morgan fingerprint density at radius 3 is 2.32 bits per heavy atom. The Bertz CT molecular complexity index is 549. The first kappa shape index (κ1) is 13.8. The zero-order valence-corrected chi connectivity index (χ0v) is 12.3. The molecule has 1 atom stereocenters. The number of nitrogens with zero attached hydrogens (tertiary/aromatic N) is 2. The second-order valence-corrected chi connectivity index (χ2v) is 5.32. The van der Waals surface area contributed by atoms with Gasteiger partial charge < -0.3 is 5.73 Å². The Kier molecular flexibility index (Phi) is 4.05. The molecule has 1 aromatic heterocycles. The summed E-state index contributed by atoms with van der Waals surface area (Å²) in [7, 11) is 0. The molecule has 0 fully saturated rings. The summed E-state index contributed by atoms with van der Waals surface area (Å²) in [6.45, 7) is 9.26. The van der Waals surface area contributed by atoms with Crippen LogP contribution in [-0.4, -0.2) is 9.78 Å². The van der Waals surface area contributed by atoms with Crippen molar-refractivity contribution in [2.24, 2.45) is 5.73 Å². The Morgan fingerprint density at radius 1 is 1.11 bits per heavy atom. The monoisotopic (exact) mass is 257 g/mol. The normalized spacial score (nSPS) is 12.7. The van der Waals surface area contributed by atoms with E-state index in [1.165, 1.54) is 22.4 Å². The maximum atomic E-state index is 6.36. The SMILES string of the molecule is CCn1nc(C)cc1CC(N)c1cc(C)cc(C)c1. The van der Waals surface area contributed by atoms with E-state index in [1.807, 2.05) is 11.6 Å². The van der Waals surface area contributed by atoms with Crippen molar-refractivity contribution in [1.82, 2.24) is 9.78 Å². The molecule has 2 rings (SSSR count). The Morgan fingerprint density at radius 2 is 1.74 bits per heavy atom. The highest BCUT2D eigenvalue weighted by molar-refractivity contribution is 5.31. The highest BCUT2D eigenvalue weighted by Crippen LogP contribution is 2.19. The van der Waals surface area contributed by atoms with Crippen LogP contribution in [0.1, 0.15) is 41.0 Å². The molecule has 19 heavy (non-hydrogen) atoms. The van der Waals surface area contributed by atoms with Crippen molar-refractivity contribution in [1.29, 1.82) is 0 Å². The van der Waals surface area contributed by atoms with Crippen LogP contribution in [0, 0.1) is 20.8 Å². The zero-order valence-electron chi connectivity index (χ0n) is 12.3. The quantitative estimate of drug-likeness (QED) is 0.914. The van der Waals surface area contributed by atoms with Gasteiger partial charge in [0.05, 0.1) is 5.69 Å². The van der Waals surface area contributed by atoms with E-state index in [1.54, 1.807) is 0 Å². The van der Waals surface area contributed by atoms with Gasteiger partial charge in [0.25, 0.3) is 0 Å². The van der Waals surface area contributed by atoms with Gasteiger partial charge in [0.1, 0.15) is 0 Å². The molecule has 0 aliphatic rings. The van der Waals surface area contributed by atoms with Gasteiger partial charge in [0.2, 0.25) is 0 Å². The number of nitrogens with two attached hydrogens (primary N) is 1. The second-order valence-electron chi connectivity index (χ2n) is 5.32. The third-order valence-electron chi connectivity index (χ3n) is 3.39. The van der Waals surface area contributed by atoms with Crippen LogP contribution in [0.5, 0.6) is 0 Å². The molecule has 0 aliphatic heterocycles. The van der Waals surface area contributed by atoms with Crippen LogP contribution in [0.3, 0.4) is 0 Å². The lowest BCUT2D eigenvalue weighted by molar-refractivity contribution is 0.587. The van der Waals surface area contributed by atoms with Gasteiger partial charge in [-0.1, -0.05) is 29.3 Å². The van der Waals surface area contributed by atoms with Crippen LogP contribution in [0.2, 0.25) is 0 Å². The molecule has 0 bridgehead atoms. The molecule has 0 saturated carbocycles. The second kappa shape index (κ2) is 5.57.